The highest BCUT2D eigenvalue weighted by Gasteiger charge is 2.40. The standard InChI is InChI=1S/C20H24N2O2S2/c1-13-19(14-9-11-22(13)12-10-14)21-20(23)15-3-5-16(6-4-15)25-18-8-7-17(24-2)26-18/h3-8,13-14,19H,9-12H2,1-2H3,(H,21,23)/t13-,19-/m0/s1. The van der Waals surface area contributed by atoms with Crippen molar-refractivity contribution in [1.82, 2.24) is 10.2 Å². The summed E-state index contributed by atoms with van der Waals surface area (Å²) in [5.74, 6) is 0.674. The van der Waals surface area contributed by atoms with E-state index in [9.17, 15) is 4.79 Å². The van der Waals surface area contributed by atoms with E-state index in [4.69, 9.17) is 4.74 Å². The Morgan fingerprint density at radius 1 is 1.19 bits per heavy atom. The minimum atomic E-state index is 0.0462. The molecule has 0 spiro atoms. The van der Waals surface area contributed by atoms with Gasteiger partial charge in [0, 0.05) is 22.5 Å². The van der Waals surface area contributed by atoms with Gasteiger partial charge in [0.05, 0.1) is 11.3 Å². The fourth-order valence-corrected chi connectivity index (χ4v) is 5.93. The van der Waals surface area contributed by atoms with E-state index in [1.807, 2.05) is 30.3 Å². The van der Waals surface area contributed by atoms with E-state index in [2.05, 4.69) is 23.2 Å². The summed E-state index contributed by atoms with van der Waals surface area (Å²) in [5, 5.41) is 4.21. The van der Waals surface area contributed by atoms with Gasteiger partial charge in [-0.25, -0.2) is 0 Å². The van der Waals surface area contributed by atoms with Crippen molar-refractivity contribution in [2.45, 2.75) is 41.0 Å². The number of rotatable bonds is 5. The predicted molar refractivity (Wildman–Crippen MR) is 106 cm³/mol. The molecule has 2 atom stereocenters. The van der Waals surface area contributed by atoms with Gasteiger partial charge in [0.2, 0.25) is 0 Å². The van der Waals surface area contributed by atoms with Gasteiger partial charge < -0.3 is 10.1 Å². The van der Waals surface area contributed by atoms with Crippen LogP contribution in [0.5, 0.6) is 5.06 Å². The third-order valence-electron chi connectivity index (χ3n) is 5.57. The normalized spacial score (nSPS) is 27.3. The Morgan fingerprint density at radius 2 is 1.92 bits per heavy atom. The molecule has 4 heterocycles. The Kier molecular flexibility index (Phi) is 5.25. The molecule has 138 valence electrons. The minimum absolute atomic E-state index is 0.0462. The van der Waals surface area contributed by atoms with Crippen LogP contribution in [0.1, 0.15) is 30.1 Å². The van der Waals surface area contributed by atoms with Crippen LogP contribution < -0.4 is 10.1 Å². The fraction of sp³-hybridized carbons (Fsp3) is 0.450. The molecule has 3 fully saturated rings. The quantitative estimate of drug-likeness (QED) is 0.837. The maximum absolute atomic E-state index is 12.7. The van der Waals surface area contributed by atoms with Crippen molar-refractivity contribution in [2.24, 2.45) is 5.92 Å². The van der Waals surface area contributed by atoms with Crippen molar-refractivity contribution in [1.29, 1.82) is 0 Å². The molecule has 0 unspecified atom stereocenters. The van der Waals surface area contributed by atoms with Crippen LogP contribution in [0.15, 0.2) is 45.5 Å². The predicted octanol–water partition coefficient (Wildman–Crippen LogP) is 4.12. The lowest BCUT2D eigenvalue weighted by molar-refractivity contribution is 0.0217. The van der Waals surface area contributed by atoms with Crippen molar-refractivity contribution < 1.29 is 9.53 Å². The summed E-state index contributed by atoms with van der Waals surface area (Å²) in [7, 11) is 1.68. The van der Waals surface area contributed by atoms with Gasteiger partial charge in [-0.05, 0) is 75.2 Å². The fourth-order valence-electron chi connectivity index (χ4n) is 4.04. The van der Waals surface area contributed by atoms with E-state index < -0.39 is 0 Å². The topological polar surface area (TPSA) is 41.6 Å². The van der Waals surface area contributed by atoms with E-state index in [1.54, 1.807) is 30.2 Å². The Balaban J connectivity index is 1.39. The van der Waals surface area contributed by atoms with Crippen LogP contribution in [0.25, 0.3) is 0 Å². The lowest BCUT2D eigenvalue weighted by atomic mass is 9.79. The number of hydrogen-bond acceptors (Lipinski definition) is 5. The number of carbonyl (C=O) groups excluding carboxylic acids is 1. The number of fused-ring (bicyclic) bond motifs is 3. The largest absolute Gasteiger partial charge is 0.487 e. The zero-order valence-corrected chi connectivity index (χ0v) is 16.7. The third-order valence-corrected chi connectivity index (χ3v) is 7.75. The van der Waals surface area contributed by atoms with Crippen molar-refractivity contribution >= 4 is 29.0 Å². The monoisotopic (exact) mass is 388 g/mol. The first-order valence-corrected chi connectivity index (χ1v) is 10.7. The summed E-state index contributed by atoms with van der Waals surface area (Å²) in [6, 6.07) is 12.6. The number of benzene rings is 1. The highest BCUT2D eigenvalue weighted by Crippen LogP contribution is 2.37. The van der Waals surface area contributed by atoms with Gasteiger partial charge in [0.1, 0.15) is 0 Å². The summed E-state index contributed by atoms with van der Waals surface area (Å²) >= 11 is 3.32. The van der Waals surface area contributed by atoms with Crippen molar-refractivity contribution in [3.8, 4) is 5.06 Å². The molecule has 3 aliphatic rings. The number of carbonyl (C=O) groups is 1. The number of thiophene rings is 1. The number of amides is 1. The Labute approximate surface area is 162 Å². The minimum Gasteiger partial charge on any atom is -0.487 e. The van der Waals surface area contributed by atoms with Crippen LogP contribution in [-0.2, 0) is 0 Å². The van der Waals surface area contributed by atoms with Crippen LogP contribution in [0.2, 0.25) is 0 Å². The number of methoxy groups -OCH3 is 1. The Hall–Kier alpha value is -1.50. The van der Waals surface area contributed by atoms with E-state index in [1.165, 1.54) is 30.1 Å². The van der Waals surface area contributed by atoms with Crippen LogP contribution >= 0.6 is 23.1 Å². The van der Waals surface area contributed by atoms with Gasteiger partial charge in [0.15, 0.2) is 5.06 Å². The van der Waals surface area contributed by atoms with Gasteiger partial charge in [0.25, 0.3) is 5.91 Å². The zero-order chi connectivity index (χ0) is 18.1. The summed E-state index contributed by atoms with van der Waals surface area (Å²) in [4.78, 5) is 16.3. The summed E-state index contributed by atoms with van der Waals surface area (Å²) in [6.45, 7) is 4.60. The first kappa shape index (κ1) is 17.9. The third kappa shape index (κ3) is 3.63. The van der Waals surface area contributed by atoms with Gasteiger partial charge >= 0.3 is 0 Å². The van der Waals surface area contributed by atoms with Gasteiger partial charge in [-0.15, -0.1) is 0 Å². The molecule has 5 rings (SSSR count). The molecule has 1 amide bonds. The van der Waals surface area contributed by atoms with E-state index >= 15 is 0 Å². The molecular weight excluding hydrogens is 364 g/mol. The summed E-state index contributed by atoms with van der Waals surface area (Å²) in [5.41, 5.74) is 0.738. The average Bonchev–Trinajstić information content (AvgIpc) is 3.13. The summed E-state index contributed by atoms with van der Waals surface area (Å²) in [6.07, 6.45) is 2.41. The molecule has 0 aliphatic carbocycles. The first-order valence-electron chi connectivity index (χ1n) is 9.10. The molecule has 4 nitrogen and oxygen atoms in total. The maximum Gasteiger partial charge on any atom is 0.251 e. The molecule has 1 aromatic carbocycles. The Bertz CT molecular complexity index is 764. The van der Waals surface area contributed by atoms with E-state index in [-0.39, 0.29) is 11.9 Å². The molecule has 1 N–H and O–H groups in total. The molecule has 0 radical (unpaired) electrons. The maximum atomic E-state index is 12.7. The van der Waals surface area contributed by atoms with Crippen molar-refractivity contribution in [3.63, 3.8) is 0 Å². The van der Waals surface area contributed by atoms with Crippen molar-refractivity contribution in [2.75, 3.05) is 20.2 Å². The van der Waals surface area contributed by atoms with Crippen molar-refractivity contribution in [3.05, 3.63) is 42.0 Å². The first-order chi connectivity index (χ1) is 12.6. The molecule has 1 aromatic heterocycles. The second-order valence-corrected chi connectivity index (χ2v) is 9.44. The van der Waals surface area contributed by atoms with Crippen LogP contribution in [0.3, 0.4) is 0 Å². The van der Waals surface area contributed by atoms with Gasteiger partial charge in [-0.3, -0.25) is 9.69 Å². The number of nitrogens with one attached hydrogen (secondary N) is 1. The second kappa shape index (κ2) is 7.62. The van der Waals surface area contributed by atoms with Gasteiger partial charge in [-0.2, -0.15) is 0 Å². The van der Waals surface area contributed by atoms with E-state index in [0.717, 1.165) is 15.5 Å². The molecule has 26 heavy (non-hydrogen) atoms. The number of ether oxygens (including phenoxy) is 1. The molecule has 3 aliphatic heterocycles. The summed E-state index contributed by atoms with van der Waals surface area (Å²) < 4.78 is 6.41. The Morgan fingerprint density at radius 3 is 2.54 bits per heavy atom. The average molecular weight is 389 g/mol. The smallest absolute Gasteiger partial charge is 0.251 e. The lowest BCUT2D eigenvalue weighted by Crippen LogP contribution is -2.62. The highest BCUT2D eigenvalue weighted by atomic mass is 32.2. The second-order valence-electron chi connectivity index (χ2n) is 7.02. The van der Waals surface area contributed by atoms with Crippen LogP contribution in [0.4, 0.5) is 0 Å². The number of nitrogens with zero attached hydrogens (tertiary/aromatic N) is 1. The van der Waals surface area contributed by atoms with Gasteiger partial charge in [-0.1, -0.05) is 23.1 Å². The van der Waals surface area contributed by atoms with Crippen LogP contribution in [0, 0.1) is 5.92 Å². The number of piperidine rings is 3. The molecule has 3 saturated heterocycles. The molecule has 0 saturated carbocycles. The molecule has 2 aromatic rings. The lowest BCUT2D eigenvalue weighted by Gasteiger charge is -2.49. The highest BCUT2D eigenvalue weighted by molar-refractivity contribution is 8.01. The van der Waals surface area contributed by atoms with Crippen LogP contribution in [-0.4, -0.2) is 43.1 Å². The van der Waals surface area contributed by atoms with E-state index in [0.29, 0.717) is 12.0 Å². The molecular formula is C20H24N2O2S2. The number of hydrogen-bond donors (Lipinski definition) is 1. The molecule has 2 bridgehead atoms. The zero-order valence-electron chi connectivity index (χ0n) is 15.1. The molecule has 6 heteroatoms. The SMILES string of the molecule is COc1ccc(Sc2ccc(C(=O)N[C@@H]3C4CCN(CC4)[C@H]3C)cc2)s1.